The van der Waals surface area contributed by atoms with Gasteiger partial charge < -0.3 is 10.1 Å². The van der Waals surface area contributed by atoms with Crippen LogP contribution in [0.1, 0.15) is 41.9 Å². The molecule has 1 amide bonds. The van der Waals surface area contributed by atoms with Crippen molar-refractivity contribution in [3.05, 3.63) is 40.6 Å². The Kier molecular flexibility index (Phi) is 4.63. The lowest BCUT2D eigenvalue weighted by Gasteiger charge is -2.37. The first-order valence-electron chi connectivity index (χ1n) is 10.4. The van der Waals surface area contributed by atoms with Gasteiger partial charge in [0.1, 0.15) is 12.5 Å². The third-order valence-electron chi connectivity index (χ3n) is 6.13. The first-order chi connectivity index (χ1) is 13.6. The molecule has 3 heterocycles. The van der Waals surface area contributed by atoms with E-state index < -0.39 is 0 Å². The highest BCUT2D eigenvalue weighted by atomic mass is 16.5. The Morgan fingerprint density at radius 2 is 1.89 bits per heavy atom. The molecule has 2 unspecified atom stereocenters. The van der Waals surface area contributed by atoms with E-state index in [2.05, 4.69) is 46.9 Å². The van der Waals surface area contributed by atoms with Crippen LogP contribution in [0.15, 0.2) is 23.9 Å². The molecule has 0 bridgehead atoms. The fourth-order valence-electron chi connectivity index (χ4n) is 4.55. The van der Waals surface area contributed by atoms with Crippen molar-refractivity contribution >= 4 is 11.6 Å². The molecule has 2 atom stereocenters. The number of rotatable bonds is 3. The summed E-state index contributed by atoms with van der Waals surface area (Å²) >= 11 is 0. The fourth-order valence-corrected chi connectivity index (χ4v) is 4.55. The number of aryl methyl sites for hydroxylation is 2. The van der Waals surface area contributed by atoms with Crippen LogP contribution in [0, 0.1) is 13.8 Å². The molecule has 1 aromatic rings. The van der Waals surface area contributed by atoms with Crippen molar-refractivity contribution in [3.8, 4) is 0 Å². The van der Waals surface area contributed by atoms with Gasteiger partial charge in [-0.15, -0.1) is 0 Å². The van der Waals surface area contributed by atoms with Gasteiger partial charge in [-0.25, -0.2) is 5.43 Å². The minimum atomic E-state index is -0.190. The number of hydrogen-bond donors (Lipinski definition) is 3. The lowest BCUT2D eigenvalue weighted by molar-refractivity contribution is -0.122. The molecule has 3 fully saturated rings. The predicted molar refractivity (Wildman–Crippen MR) is 107 cm³/mol. The molecule has 150 valence electrons. The second kappa shape index (κ2) is 7.15. The summed E-state index contributed by atoms with van der Waals surface area (Å²) in [5, 5.41) is 8.66. The van der Waals surface area contributed by atoms with Gasteiger partial charge in [0, 0.05) is 25.9 Å². The number of nitrogens with one attached hydrogen (secondary N) is 3. The Morgan fingerprint density at radius 1 is 1.11 bits per heavy atom. The van der Waals surface area contributed by atoms with E-state index >= 15 is 0 Å². The molecule has 0 aromatic heterocycles. The SMILES string of the molecule is Cc1cc(C2CC2)cc(C)c1N1C=C2C(=O)NC(N3CCCOCC3)NC2N1. The summed E-state index contributed by atoms with van der Waals surface area (Å²) in [4.78, 5) is 15.0. The third-order valence-corrected chi connectivity index (χ3v) is 6.13. The van der Waals surface area contributed by atoms with E-state index in [1.807, 2.05) is 11.2 Å². The van der Waals surface area contributed by atoms with Gasteiger partial charge in [0.05, 0.1) is 17.9 Å². The molecule has 3 N–H and O–H groups in total. The number of nitrogens with zero attached hydrogens (tertiary/aromatic N) is 2. The summed E-state index contributed by atoms with van der Waals surface area (Å²) in [6, 6.07) is 4.60. The van der Waals surface area contributed by atoms with Crippen molar-refractivity contribution in [2.45, 2.75) is 51.5 Å². The van der Waals surface area contributed by atoms with Gasteiger partial charge in [-0.3, -0.25) is 20.0 Å². The van der Waals surface area contributed by atoms with Crippen LogP contribution in [0.25, 0.3) is 0 Å². The van der Waals surface area contributed by atoms with E-state index in [1.165, 1.54) is 29.5 Å². The summed E-state index contributed by atoms with van der Waals surface area (Å²) in [6.45, 7) is 7.52. The van der Waals surface area contributed by atoms with Crippen molar-refractivity contribution in [3.63, 3.8) is 0 Å². The summed E-state index contributed by atoms with van der Waals surface area (Å²) in [6.07, 6.45) is 5.15. The molecule has 2 saturated heterocycles. The maximum atomic E-state index is 12.8. The number of carbonyl (C=O) groups is 1. The molecule has 0 spiro atoms. The number of ether oxygens (including phenoxy) is 1. The zero-order valence-corrected chi connectivity index (χ0v) is 16.6. The molecule has 0 radical (unpaired) electrons. The Balaban J connectivity index is 1.35. The molecular weight excluding hydrogens is 354 g/mol. The zero-order chi connectivity index (χ0) is 19.3. The van der Waals surface area contributed by atoms with E-state index in [1.54, 1.807) is 0 Å². The highest BCUT2D eigenvalue weighted by molar-refractivity contribution is 5.97. The van der Waals surface area contributed by atoms with Crippen molar-refractivity contribution in [1.29, 1.82) is 0 Å². The average Bonchev–Trinajstić information content (AvgIpc) is 3.46. The van der Waals surface area contributed by atoms with E-state index in [0.717, 1.165) is 43.3 Å². The van der Waals surface area contributed by atoms with E-state index in [0.29, 0.717) is 6.61 Å². The van der Waals surface area contributed by atoms with Crippen LogP contribution in [0.2, 0.25) is 0 Å². The van der Waals surface area contributed by atoms with Crippen molar-refractivity contribution in [2.24, 2.45) is 0 Å². The normalized spacial score (nSPS) is 28.6. The number of benzene rings is 1. The summed E-state index contributed by atoms with van der Waals surface area (Å²) < 4.78 is 5.54. The van der Waals surface area contributed by atoms with E-state index in [4.69, 9.17) is 4.74 Å². The number of anilines is 1. The van der Waals surface area contributed by atoms with Crippen LogP contribution in [-0.4, -0.2) is 49.6 Å². The van der Waals surface area contributed by atoms with Gasteiger partial charge in [0.25, 0.3) is 5.91 Å². The van der Waals surface area contributed by atoms with Gasteiger partial charge in [-0.2, -0.15) is 0 Å². The molecule has 3 aliphatic heterocycles. The van der Waals surface area contributed by atoms with Crippen LogP contribution < -0.4 is 21.1 Å². The van der Waals surface area contributed by atoms with Gasteiger partial charge in [-0.1, -0.05) is 12.1 Å². The molecule has 28 heavy (non-hydrogen) atoms. The Labute approximate surface area is 166 Å². The number of hydrazine groups is 1. The fraction of sp³-hybridized carbons (Fsp3) is 0.571. The van der Waals surface area contributed by atoms with Gasteiger partial charge >= 0.3 is 0 Å². The number of fused-ring (bicyclic) bond motifs is 1. The highest BCUT2D eigenvalue weighted by Crippen LogP contribution is 2.42. The van der Waals surface area contributed by atoms with Crippen LogP contribution in [0.4, 0.5) is 5.69 Å². The molecule has 7 heteroatoms. The summed E-state index contributed by atoms with van der Waals surface area (Å²) in [7, 11) is 0. The molecular formula is C21H29N5O2. The maximum absolute atomic E-state index is 12.8. The van der Waals surface area contributed by atoms with Crippen LogP contribution >= 0.6 is 0 Å². The second-order valence-corrected chi connectivity index (χ2v) is 8.34. The Morgan fingerprint density at radius 3 is 2.64 bits per heavy atom. The standard InChI is InChI=1S/C21H29N5O2/c1-13-10-16(15-4-5-15)11-14(2)18(13)26-12-17-19(24-26)22-21(23-20(17)27)25-6-3-8-28-9-7-25/h10-12,15,19,21-22,24H,3-9H2,1-2H3,(H,23,27). The Hall–Kier alpha value is -1.93. The van der Waals surface area contributed by atoms with E-state index in [-0.39, 0.29) is 18.4 Å². The third kappa shape index (κ3) is 3.33. The first-order valence-corrected chi connectivity index (χ1v) is 10.4. The number of carbonyl (C=O) groups excluding carboxylic acids is 1. The molecule has 1 aliphatic carbocycles. The van der Waals surface area contributed by atoms with Gasteiger partial charge in [0.15, 0.2) is 0 Å². The van der Waals surface area contributed by atoms with Gasteiger partial charge in [-0.05, 0) is 55.7 Å². The van der Waals surface area contributed by atoms with E-state index in [9.17, 15) is 4.79 Å². The molecule has 4 aliphatic rings. The first kappa shape index (κ1) is 18.1. The average molecular weight is 383 g/mol. The van der Waals surface area contributed by atoms with Crippen molar-refractivity contribution in [2.75, 3.05) is 31.3 Å². The lowest BCUT2D eigenvalue weighted by Crippen LogP contribution is -2.67. The zero-order valence-electron chi connectivity index (χ0n) is 16.6. The van der Waals surface area contributed by atoms with Crippen LogP contribution in [-0.2, 0) is 9.53 Å². The topological polar surface area (TPSA) is 68.9 Å². The maximum Gasteiger partial charge on any atom is 0.254 e. The molecule has 5 rings (SSSR count). The smallest absolute Gasteiger partial charge is 0.254 e. The van der Waals surface area contributed by atoms with Crippen molar-refractivity contribution < 1.29 is 9.53 Å². The second-order valence-electron chi connectivity index (χ2n) is 8.34. The summed E-state index contributed by atoms with van der Waals surface area (Å²) in [5.74, 6) is 0.726. The largest absolute Gasteiger partial charge is 0.380 e. The minimum absolute atomic E-state index is 0.0150. The minimum Gasteiger partial charge on any atom is -0.380 e. The van der Waals surface area contributed by atoms with Crippen LogP contribution in [0.5, 0.6) is 0 Å². The number of amides is 1. The Bertz CT molecular complexity index is 788. The van der Waals surface area contributed by atoms with Crippen LogP contribution in [0.3, 0.4) is 0 Å². The quantitative estimate of drug-likeness (QED) is 0.734. The molecule has 1 aromatic carbocycles. The van der Waals surface area contributed by atoms with Crippen molar-refractivity contribution in [1.82, 2.24) is 21.0 Å². The highest BCUT2D eigenvalue weighted by Gasteiger charge is 2.39. The lowest BCUT2D eigenvalue weighted by atomic mass is 10.0. The molecule has 1 saturated carbocycles. The predicted octanol–water partition coefficient (Wildman–Crippen LogP) is 1.44. The number of hydrogen-bond acceptors (Lipinski definition) is 6. The summed E-state index contributed by atoms with van der Waals surface area (Å²) in [5.41, 5.74) is 9.28. The van der Waals surface area contributed by atoms with Gasteiger partial charge in [0.2, 0.25) is 0 Å². The molecule has 7 nitrogen and oxygen atoms in total. The monoisotopic (exact) mass is 383 g/mol.